The number of carbonyl (C=O) groups is 1. The molecule has 0 unspecified atom stereocenters. The van der Waals surface area contributed by atoms with Crippen LogP contribution in [0.3, 0.4) is 0 Å². The number of carboxylic acids is 1. The van der Waals surface area contributed by atoms with Gasteiger partial charge in [0, 0.05) is 31.0 Å². The summed E-state index contributed by atoms with van der Waals surface area (Å²) in [6.07, 6.45) is 1.44. The third kappa shape index (κ3) is 3.15. The minimum atomic E-state index is -0.837. The molecule has 0 aliphatic rings. The Bertz CT molecular complexity index is 391. The number of anilines is 1. The molecule has 1 rings (SSSR count). The molecule has 0 atom stereocenters. The quantitative estimate of drug-likeness (QED) is 0.836. The number of aryl methyl sites for hydroxylation is 2. The largest absolute Gasteiger partial charge is 0.481 e. The predicted molar refractivity (Wildman–Crippen MR) is 66.5 cm³/mol. The number of carboxylic acid groups (broad SMARTS) is 1. The summed E-state index contributed by atoms with van der Waals surface area (Å²) < 4.78 is 0. The lowest BCUT2D eigenvalue weighted by atomic mass is 10.0. The van der Waals surface area contributed by atoms with Gasteiger partial charge in [-0.2, -0.15) is 0 Å². The molecule has 0 aliphatic heterocycles. The monoisotopic (exact) mass is 237 g/mol. The SMILES string of the molecule is CCc1nc(N(C)C)nc(CC)c1CC(=O)O. The van der Waals surface area contributed by atoms with E-state index in [2.05, 4.69) is 9.97 Å². The van der Waals surface area contributed by atoms with E-state index in [1.54, 1.807) is 0 Å². The zero-order valence-corrected chi connectivity index (χ0v) is 10.8. The smallest absolute Gasteiger partial charge is 0.307 e. The summed E-state index contributed by atoms with van der Waals surface area (Å²) in [6, 6.07) is 0. The predicted octanol–water partition coefficient (Wildman–Crippen LogP) is 1.29. The van der Waals surface area contributed by atoms with Gasteiger partial charge in [0.05, 0.1) is 6.42 Å². The van der Waals surface area contributed by atoms with Crippen molar-refractivity contribution in [1.82, 2.24) is 9.97 Å². The second-order valence-electron chi connectivity index (χ2n) is 4.07. The van der Waals surface area contributed by atoms with Crippen LogP contribution in [-0.2, 0) is 24.1 Å². The van der Waals surface area contributed by atoms with Crippen LogP contribution in [0, 0.1) is 0 Å². The number of aromatic nitrogens is 2. The van der Waals surface area contributed by atoms with E-state index in [9.17, 15) is 4.79 Å². The lowest BCUT2D eigenvalue weighted by Gasteiger charge is -2.16. The first-order valence-electron chi connectivity index (χ1n) is 5.77. The molecule has 5 heteroatoms. The first-order chi connectivity index (χ1) is 7.99. The summed E-state index contributed by atoms with van der Waals surface area (Å²) in [5.41, 5.74) is 2.44. The molecule has 17 heavy (non-hydrogen) atoms. The van der Waals surface area contributed by atoms with Crippen molar-refractivity contribution in [1.29, 1.82) is 0 Å². The average Bonchev–Trinajstić information content (AvgIpc) is 2.28. The maximum atomic E-state index is 10.9. The standard InChI is InChI=1S/C12H19N3O2/c1-5-9-8(7-11(16)17)10(6-2)14-12(13-9)15(3)4/h5-7H2,1-4H3,(H,16,17). The Balaban J connectivity index is 3.30. The third-order valence-corrected chi connectivity index (χ3v) is 2.56. The van der Waals surface area contributed by atoms with Crippen LogP contribution in [0.15, 0.2) is 0 Å². The number of aliphatic carboxylic acids is 1. The molecule has 0 saturated heterocycles. The summed E-state index contributed by atoms with van der Waals surface area (Å²) >= 11 is 0. The van der Waals surface area contributed by atoms with Crippen molar-refractivity contribution in [3.05, 3.63) is 17.0 Å². The van der Waals surface area contributed by atoms with E-state index >= 15 is 0 Å². The molecule has 0 saturated carbocycles. The van der Waals surface area contributed by atoms with Crippen LogP contribution >= 0.6 is 0 Å². The Labute approximate surface area is 102 Å². The van der Waals surface area contributed by atoms with Crippen LogP contribution in [0.5, 0.6) is 0 Å². The van der Waals surface area contributed by atoms with Gasteiger partial charge in [0.2, 0.25) is 5.95 Å². The summed E-state index contributed by atoms with van der Waals surface area (Å²) in [7, 11) is 3.76. The Kier molecular flexibility index (Phi) is 4.43. The van der Waals surface area contributed by atoms with Gasteiger partial charge in [0.15, 0.2) is 0 Å². The topological polar surface area (TPSA) is 66.3 Å². The van der Waals surface area contributed by atoms with Crippen molar-refractivity contribution in [2.75, 3.05) is 19.0 Å². The van der Waals surface area contributed by atoms with E-state index in [1.165, 1.54) is 0 Å². The van der Waals surface area contributed by atoms with E-state index in [1.807, 2.05) is 32.8 Å². The van der Waals surface area contributed by atoms with Crippen molar-refractivity contribution in [2.45, 2.75) is 33.1 Å². The van der Waals surface area contributed by atoms with E-state index < -0.39 is 5.97 Å². The van der Waals surface area contributed by atoms with Gasteiger partial charge in [-0.05, 0) is 12.8 Å². The van der Waals surface area contributed by atoms with Crippen LogP contribution in [-0.4, -0.2) is 35.1 Å². The molecule has 0 aromatic carbocycles. The van der Waals surface area contributed by atoms with Gasteiger partial charge in [-0.1, -0.05) is 13.8 Å². The molecule has 0 bridgehead atoms. The van der Waals surface area contributed by atoms with Gasteiger partial charge >= 0.3 is 5.97 Å². The van der Waals surface area contributed by atoms with Crippen LogP contribution in [0.1, 0.15) is 30.8 Å². The van der Waals surface area contributed by atoms with E-state index in [0.717, 1.165) is 29.8 Å². The molecule has 0 aliphatic carbocycles. The first-order valence-corrected chi connectivity index (χ1v) is 5.77. The second-order valence-corrected chi connectivity index (χ2v) is 4.07. The van der Waals surface area contributed by atoms with Crippen molar-refractivity contribution < 1.29 is 9.90 Å². The first kappa shape index (κ1) is 13.4. The Morgan fingerprint density at radius 3 is 1.94 bits per heavy atom. The van der Waals surface area contributed by atoms with Gasteiger partial charge in [-0.15, -0.1) is 0 Å². The average molecular weight is 237 g/mol. The fourth-order valence-corrected chi connectivity index (χ4v) is 1.71. The van der Waals surface area contributed by atoms with Gasteiger partial charge in [0.1, 0.15) is 0 Å². The van der Waals surface area contributed by atoms with Gasteiger partial charge in [-0.3, -0.25) is 4.79 Å². The van der Waals surface area contributed by atoms with Crippen LogP contribution in [0.2, 0.25) is 0 Å². The molecule has 94 valence electrons. The highest BCUT2D eigenvalue weighted by Crippen LogP contribution is 2.17. The Morgan fingerprint density at radius 1 is 1.18 bits per heavy atom. The van der Waals surface area contributed by atoms with Crippen molar-refractivity contribution >= 4 is 11.9 Å². The third-order valence-electron chi connectivity index (χ3n) is 2.56. The van der Waals surface area contributed by atoms with E-state index in [-0.39, 0.29) is 6.42 Å². The molecule has 0 spiro atoms. The Hall–Kier alpha value is -1.65. The van der Waals surface area contributed by atoms with Gasteiger partial charge in [0.25, 0.3) is 0 Å². The number of nitrogens with zero attached hydrogens (tertiary/aromatic N) is 3. The lowest BCUT2D eigenvalue weighted by molar-refractivity contribution is -0.136. The fourth-order valence-electron chi connectivity index (χ4n) is 1.71. The molecule has 0 radical (unpaired) electrons. The summed E-state index contributed by atoms with van der Waals surface area (Å²) in [5, 5.41) is 8.92. The number of hydrogen-bond acceptors (Lipinski definition) is 4. The normalized spacial score (nSPS) is 10.4. The van der Waals surface area contributed by atoms with E-state index in [0.29, 0.717) is 5.95 Å². The Morgan fingerprint density at radius 2 is 1.65 bits per heavy atom. The molecule has 1 N–H and O–H groups in total. The fraction of sp³-hybridized carbons (Fsp3) is 0.583. The minimum Gasteiger partial charge on any atom is -0.481 e. The molecular weight excluding hydrogens is 218 g/mol. The molecule has 0 amide bonds. The minimum absolute atomic E-state index is 0.0000548. The van der Waals surface area contributed by atoms with E-state index in [4.69, 9.17) is 5.11 Å². The molecular formula is C12H19N3O2. The van der Waals surface area contributed by atoms with Crippen molar-refractivity contribution in [3.8, 4) is 0 Å². The molecule has 1 aromatic heterocycles. The highest BCUT2D eigenvalue weighted by atomic mass is 16.4. The number of rotatable bonds is 5. The van der Waals surface area contributed by atoms with Crippen molar-refractivity contribution in [2.24, 2.45) is 0 Å². The van der Waals surface area contributed by atoms with Crippen LogP contribution in [0.4, 0.5) is 5.95 Å². The zero-order valence-electron chi connectivity index (χ0n) is 10.8. The highest BCUT2D eigenvalue weighted by Gasteiger charge is 2.15. The summed E-state index contributed by atoms with van der Waals surface area (Å²) in [4.78, 5) is 21.5. The van der Waals surface area contributed by atoms with Crippen LogP contribution < -0.4 is 4.90 Å². The number of hydrogen-bond donors (Lipinski definition) is 1. The highest BCUT2D eigenvalue weighted by molar-refractivity contribution is 5.71. The van der Waals surface area contributed by atoms with Gasteiger partial charge < -0.3 is 10.0 Å². The molecule has 1 aromatic rings. The maximum Gasteiger partial charge on any atom is 0.307 e. The summed E-state index contributed by atoms with van der Waals surface area (Å²) in [5.74, 6) is -0.191. The van der Waals surface area contributed by atoms with Gasteiger partial charge in [-0.25, -0.2) is 9.97 Å². The lowest BCUT2D eigenvalue weighted by Crippen LogP contribution is -2.18. The molecule has 5 nitrogen and oxygen atoms in total. The molecule has 1 heterocycles. The second kappa shape index (κ2) is 5.61. The zero-order chi connectivity index (χ0) is 13.0. The maximum absolute atomic E-state index is 10.9. The summed E-state index contributed by atoms with van der Waals surface area (Å²) in [6.45, 7) is 3.96. The van der Waals surface area contributed by atoms with Crippen molar-refractivity contribution in [3.63, 3.8) is 0 Å². The van der Waals surface area contributed by atoms with Crippen LogP contribution in [0.25, 0.3) is 0 Å². The molecule has 0 fully saturated rings.